The van der Waals surface area contributed by atoms with Gasteiger partial charge in [0.2, 0.25) is 0 Å². The Morgan fingerprint density at radius 2 is 1.97 bits per heavy atom. The van der Waals surface area contributed by atoms with E-state index in [1.807, 2.05) is 61.5 Å². The number of allylic oxidation sites excluding steroid dienone is 4. The summed E-state index contributed by atoms with van der Waals surface area (Å²) in [6.07, 6.45) is 6.93. The Kier molecular flexibility index (Phi) is 8.04. The normalized spacial score (nSPS) is 16.1. The number of hydrogen-bond donors (Lipinski definition) is 1. The van der Waals surface area contributed by atoms with Crippen LogP contribution < -0.4 is 5.32 Å². The molecule has 1 N–H and O–H groups in total. The van der Waals surface area contributed by atoms with Gasteiger partial charge in [0.1, 0.15) is 5.70 Å². The zero-order valence-corrected chi connectivity index (χ0v) is 18.0. The van der Waals surface area contributed by atoms with Crippen LogP contribution in [0.1, 0.15) is 35.3 Å². The third-order valence-electron chi connectivity index (χ3n) is 4.87. The fraction of sp³-hybridized carbons (Fsp3) is 0.214. The molecular formula is C28H26N2O. The molecule has 3 nitrogen and oxygen atoms in total. The Labute approximate surface area is 185 Å². The van der Waals surface area contributed by atoms with Crippen LogP contribution in [-0.2, 0) is 12.8 Å². The minimum absolute atomic E-state index is 0.0659. The lowest BCUT2D eigenvalue weighted by Crippen LogP contribution is -2.25. The lowest BCUT2D eigenvalue weighted by Gasteiger charge is -2.09. The molecule has 3 heteroatoms. The summed E-state index contributed by atoms with van der Waals surface area (Å²) in [6.45, 7) is 4.54. The van der Waals surface area contributed by atoms with E-state index in [2.05, 4.69) is 53.0 Å². The number of amides is 1. The van der Waals surface area contributed by atoms with E-state index in [9.17, 15) is 4.79 Å². The fourth-order valence-corrected chi connectivity index (χ4v) is 3.24. The highest BCUT2D eigenvalue weighted by molar-refractivity contribution is 5.94. The molecule has 0 saturated carbocycles. The molecule has 0 aromatic heterocycles. The van der Waals surface area contributed by atoms with E-state index in [0.29, 0.717) is 18.5 Å². The molecule has 31 heavy (non-hydrogen) atoms. The molecule has 0 spiro atoms. The first-order chi connectivity index (χ1) is 15.2. The van der Waals surface area contributed by atoms with Crippen LogP contribution in [0.2, 0.25) is 0 Å². The maximum absolute atomic E-state index is 12.5. The van der Waals surface area contributed by atoms with E-state index in [1.165, 1.54) is 5.56 Å². The summed E-state index contributed by atoms with van der Waals surface area (Å²) < 4.78 is 0. The van der Waals surface area contributed by atoms with Crippen molar-refractivity contribution in [2.75, 3.05) is 6.54 Å². The highest BCUT2D eigenvalue weighted by Gasteiger charge is 2.10. The van der Waals surface area contributed by atoms with E-state index in [-0.39, 0.29) is 11.8 Å². The number of nitrogens with zero attached hydrogens (tertiary/aromatic N) is 1. The van der Waals surface area contributed by atoms with Gasteiger partial charge in [-0.25, -0.2) is 0 Å². The second-order valence-electron chi connectivity index (χ2n) is 7.21. The first-order valence-corrected chi connectivity index (χ1v) is 10.5. The third-order valence-corrected chi connectivity index (χ3v) is 4.87. The standard InChI is InChI=1S/C28H26N2O/c1-3-29-27(26-17-8-7-11-22(26)2)18-10-15-24-14-9-16-25(21-24)28(31)30-20-19-23-12-5-4-6-13-23/h3-6,8-9,12-14,16-17,21-22H,15,19-20H2,1-2H3,(H,30,31)/b27-26-,29-3?. The van der Waals surface area contributed by atoms with Gasteiger partial charge >= 0.3 is 0 Å². The molecule has 2 aromatic rings. The van der Waals surface area contributed by atoms with Crippen molar-refractivity contribution in [3.8, 4) is 23.7 Å². The van der Waals surface area contributed by atoms with E-state index in [4.69, 9.17) is 0 Å². The molecule has 0 heterocycles. The molecule has 0 aliphatic heterocycles. The zero-order valence-electron chi connectivity index (χ0n) is 18.0. The summed E-state index contributed by atoms with van der Waals surface area (Å²) in [4.78, 5) is 16.9. The molecule has 1 atom stereocenters. The molecule has 0 saturated heterocycles. The molecule has 0 fully saturated rings. The molecule has 0 radical (unpaired) electrons. The maximum atomic E-state index is 12.5. The van der Waals surface area contributed by atoms with Crippen molar-refractivity contribution in [3.05, 3.63) is 94.7 Å². The van der Waals surface area contributed by atoms with Crippen LogP contribution in [0.3, 0.4) is 0 Å². The first kappa shape index (κ1) is 21.9. The molecule has 1 aliphatic carbocycles. The van der Waals surface area contributed by atoms with E-state index < -0.39 is 0 Å². The van der Waals surface area contributed by atoms with Gasteiger partial charge in [-0.15, -0.1) is 0 Å². The third kappa shape index (κ3) is 6.59. The molecule has 154 valence electrons. The second-order valence-corrected chi connectivity index (χ2v) is 7.21. The minimum Gasteiger partial charge on any atom is -0.352 e. The molecule has 0 bridgehead atoms. The first-order valence-electron chi connectivity index (χ1n) is 10.5. The van der Waals surface area contributed by atoms with Gasteiger partial charge < -0.3 is 5.32 Å². The largest absolute Gasteiger partial charge is 0.352 e. The van der Waals surface area contributed by atoms with E-state index in [0.717, 1.165) is 23.3 Å². The highest BCUT2D eigenvalue weighted by atomic mass is 16.1. The Morgan fingerprint density at radius 1 is 1.16 bits per heavy atom. The average Bonchev–Trinajstić information content (AvgIpc) is 2.80. The van der Waals surface area contributed by atoms with Gasteiger partial charge in [0.05, 0.1) is 0 Å². The van der Waals surface area contributed by atoms with Gasteiger partial charge in [-0.3, -0.25) is 9.79 Å². The lowest BCUT2D eigenvalue weighted by molar-refractivity contribution is 0.0954. The van der Waals surface area contributed by atoms with Crippen LogP contribution in [0, 0.1) is 29.6 Å². The summed E-state index contributed by atoms with van der Waals surface area (Å²) >= 11 is 0. The van der Waals surface area contributed by atoms with Crippen LogP contribution in [0.15, 0.2) is 83.0 Å². The monoisotopic (exact) mass is 406 g/mol. The van der Waals surface area contributed by atoms with Gasteiger partial charge in [-0.2, -0.15) is 0 Å². The lowest BCUT2D eigenvalue weighted by atomic mass is 9.96. The van der Waals surface area contributed by atoms with Crippen molar-refractivity contribution in [2.24, 2.45) is 10.9 Å². The average molecular weight is 407 g/mol. The SMILES string of the molecule is CC=N/C(C#CCc1cccc(C(=O)NCCc2ccccc2)c1)=C1/C=CC#CC1C. The minimum atomic E-state index is -0.0659. The van der Waals surface area contributed by atoms with Crippen molar-refractivity contribution >= 4 is 12.1 Å². The summed E-state index contributed by atoms with van der Waals surface area (Å²) in [5.41, 5.74) is 4.64. The number of benzene rings is 2. The molecule has 3 rings (SSSR count). The van der Waals surface area contributed by atoms with Crippen LogP contribution >= 0.6 is 0 Å². The Balaban J connectivity index is 1.63. The number of rotatable bonds is 6. The van der Waals surface area contributed by atoms with Crippen molar-refractivity contribution in [2.45, 2.75) is 26.7 Å². The van der Waals surface area contributed by atoms with Gasteiger partial charge in [-0.05, 0) is 61.6 Å². The molecule has 1 aliphatic rings. The fourth-order valence-electron chi connectivity index (χ4n) is 3.24. The van der Waals surface area contributed by atoms with Crippen LogP contribution in [-0.4, -0.2) is 18.7 Å². The highest BCUT2D eigenvalue weighted by Crippen LogP contribution is 2.19. The second kappa shape index (κ2) is 11.4. The van der Waals surface area contributed by atoms with Crippen molar-refractivity contribution in [1.29, 1.82) is 0 Å². The quantitative estimate of drug-likeness (QED) is 0.545. The molecular weight excluding hydrogens is 380 g/mol. The number of nitrogens with one attached hydrogen (secondary N) is 1. The van der Waals surface area contributed by atoms with Crippen molar-refractivity contribution < 1.29 is 4.79 Å². The maximum Gasteiger partial charge on any atom is 0.251 e. The van der Waals surface area contributed by atoms with E-state index >= 15 is 0 Å². The predicted octanol–water partition coefficient (Wildman–Crippen LogP) is 4.76. The summed E-state index contributed by atoms with van der Waals surface area (Å²) in [5, 5.41) is 2.99. The smallest absolute Gasteiger partial charge is 0.251 e. The summed E-state index contributed by atoms with van der Waals surface area (Å²) in [7, 11) is 0. The molecule has 1 unspecified atom stereocenters. The van der Waals surface area contributed by atoms with Crippen LogP contribution in [0.5, 0.6) is 0 Å². The Hall–Kier alpha value is -3.82. The number of carbonyl (C=O) groups excluding carboxylic acids is 1. The van der Waals surface area contributed by atoms with Gasteiger partial charge in [0.15, 0.2) is 0 Å². The predicted molar refractivity (Wildman–Crippen MR) is 128 cm³/mol. The van der Waals surface area contributed by atoms with Crippen LogP contribution in [0.25, 0.3) is 0 Å². The van der Waals surface area contributed by atoms with Crippen LogP contribution in [0.4, 0.5) is 0 Å². The van der Waals surface area contributed by atoms with Crippen molar-refractivity contribution in [3.63, 3.8) is 0 Å². The Bertz CT molecular complexity index is 1130. The summed E-state index contributed by atoms with van der Waals surface area (Å²) in [6, 6.07) is 17.7. The van der Waals surface area contributed by atoms with Gasteiger partial charge in [0.25, 0.3) is 5.91 Å². The van der Waals surface area contributed by atoms with Gasteiger partial charge in [0, 0.05) is 36.2 Å². The number of aliphatic imine (C=N–C) groups is 1. The summed E-state index contributed by atoms with van der Waals surface area (Å²) in [5.74, 6) is 12.6. The number of carbonyl (C=O) groups is 1. The zero-order chi connectivity index (χ0) is 21.9. The molecule has 2 aromatic carbocycles. The number of hydrogen-bond acceptors (Lipinski definition) is 2. The Morgan fingerprint density at radius 3 is 2.74 bits per heavy atom. The van der Waals surface area contributed by atoms with E-state index in [1.54, 1.807) is 6.21 Å². The topological polar surface area (TPSA) is 41.5 Å². The van der Waals surface area contributed by atoms with Gasteiger partial charge in [-0.1, -0.05) is 60.2 Å². The van der Waals surface area contributed by atoms with Crippen molar-refractivity contribution in [1.82, 2.24) is 5.32 Å². The molecule has 1 amide bonds.